The van der Waals surface area contributed by atoms with Crippen molar-refractivity contribution in [2.45, 2.75) is 38.5 Å². The molecular weight excluding hydrogens is 633 g/mol. The molecule has 1 N–H and O–H groups in total. The molecule has 1 aromatic heterocycles. The van der Waals surface area contributed by atoms with E-state index >= 15 is 0 Å². The molecule has 7 nitrogen and oxygen atoms in total. The number of hydrogen-bond donors (Lipinski definition) is 1. The summed E-state index contributed by atoms with van der Waals surface area (Å²) in [4.78, 5) is 6.01. The normalized spacial score (nSPS) is 17.1. The van der Waals surface area contributed by atoms with Gasteiger partial charge in [-0.3, -0.25) is 9.80 Å². The van der Waals surface area contributed by atoms with Crippen molar-refractivity contribution >= 4 is 21.4 Å². The van der Waals surface area contributed by atoms with Crippen LogP contribution in [0.5, 0.6) is 17.2 Å². The van der Waals surface area contributed by atoms with Crippen LogP contribution >= 0.6 is 11.3 Å². The minimum absolute atomic E-state index is 0.220. The van der Waals surface area contributed by atoms with Crippen LogP contribution in [0.1, 0.15) is 35.1 Å². The van der Waals surface area contributed by atoms with Crippen molar-refractivity contribution < 1.29 is 24.1 Å². The molecule has 2 fully saturated rings. The summed E-state index contributed by atoms with van der Waals surface area (Å²) in [5, 5.41) is 10.9. The fourth-order valence-electron chi connectivity index (χ4n) is 6.98. The van der Waals surface area contributed by atoms with E-state index in [4.69, 9.17) is 18.9 Å². The molecule has 0 radical (unpaired) electrons. The minimum Gasteiger partial charge on any atom is -0.496 e. The number of ether oxygens (including phenoxy) is 4. The molecule has 7 rings (SSSR count). The molecule has 2 aliphatic rings. The van der Waals surface area contributed by atoms with Crippen LogP contribution in [0.4, 0.5) is 0 Å². The summed E-state index contributed by atoms with van der Waals surface area (Å²) in [6.07, 6.45) is 2.99. The van der Waals surface area contributed by atoms with E-state index in [1.54, 1.807) is 7.11 Å². The second-order valence-corrected chi connectivity index (χ2v) is 14.0. The minimum atomic E-state index is 0.220. The Bertz CT molecular complexity index is 1800. The molecule has 5 aromatic rings. The molecule has 0 amide bonds. The fourth-order valence-corrected chi connectivity index (χ4v) is 8.24. The first-order valence-corrected chi connectivity index (χ1v) is 18.2. The Kier molecular flexibility index (Phi) is 11.1. The van der Waals surface area contributed by atoms with Gasteiger partial charge in [-0.1, -0.05) is 42.5 Å². The lowest BCUT2D eigenvalue weighted by atomic mass is 9.97. The summed E-state index contributed by atoms with van der Waals surface area (Å²) >= 11 is 1.81. The van der Waals surface area contributed by atoms with Crippen LogP contribution in [0.2, 0.25) is 0 Å². The summed E-state index contributed by atoms with van der Waals surface area (Å²) in [6.45, 7) is 7.54. The average molecular weight is 679 g/mol. The number of aliphatic hydroxyl groups is 1. The lowest BCUT2D eigenvalue weighted by Crippen LogP contribution is -2.35. The smallest absolute Gasteiger partial charge is 0.123 e. The Morgan fingerprint density at radius 2 is 1.67 bits per heavy atom. The highest BCUT2D eigenvalue weighted by Crippen LogP contribution is 2.42. The topological polar surface area (TPSA) is 63.6 Å². The molecular formula is C41H46N2O5S. The Morgan fingerprint density at radius 1 is 0.857 bits per heavy atom. The highest BCUT2D eigenvalue weighted by molar-refractivity contribution is 7.22. The van der Waals surface area contributed by atoms with Crippen molar-refractivity contribution in [2.24, 2.45) is 0 Å². The second kappa shape index (κ2) is 16.2. The number of benzene rings is 4. The largest absolute Gasteiger partial charge is 0.496 e. The van der Waals surface area contributed by atoms with Gasteiger partial charge in [0.2, 0.25) is 0 Å². The van der Waals surface area contributed by atoms with Crippen LogP contribution in [-0.4, -0.2) is 80.7 Å². The molecule has 1 atom stereocenters. The molecule has 0 aliphatic carbocycles. The number of morpholine rings is 1. The molecule has 49 heavy (non-hydrogen) atoms. The number of aliphatic hydroxyl groups excluding tert-OH is 1. The number of hydrogen-bond acceptors (Lipinski definition) is 8. The van der Waals surface area contributed by atoms with Crippen molar-refractivity contribution in [3.05, 3.63) is 113 Å². The number of rotatable bonds is 14. The summed E-state index contributed by atoms with van der Waals surface area (Å²) in [6, 6.07) is 32.2. The van der Waals surface area contributed by atoms with Crippen LogP contribution in [0.3, 0.4) is 0 Å². The molecule has 4 aromatic carbocycles. The van der Waals surface area contributed by atoms with E-state index in [9.17, 15) is 5.11 Å². The van der Waals surface area contributed by atoms with Gasteiger partial charge in [0.1, 0.15) is 30.5 Å². The van der Waals surface area contributed by atoms with E-state index in [-0.39, 0.29) is 12.6 Å². The predicted octanol–water partition coefficient (Wildman–Crippen LogP) is 7.41. The van der Waals surface area contributed by atoms with Crippen LogP contribution in [-0.2, 0) is 24.3 Å². The molecule has 3 heterocycles. The number of methoxy groups -OCH3 is 1. The average Bonchev–Trinajstić information content (AvgIpc) is 3.76. The number of fused-ring (bicyclic) bond motifs is 1. The van der Waals surface area contributed by atoms with Gasteiger partial charge in [-0.15, -0.1) is 11.3 Å². The number of nitrogens with zero attached hydrogens (tertiary/aromatic N) is 2. The zero-order chi connectivity index (χ0) is 33.4. The summed E-state index contributed by atoms with van der Waals surface area (Å²) in [7, 11) is 1.77. The first kappa shape index (κ1) is 33.6. The van der Waals surface area contributed by atoms with Crippen LogP contribution < -0.4 is 14.2 Å². The van der Waals surface area contributed by atoms with Gasteiger partial charge in [-0.2, -0.15) is 0 Å². The predicted molar refractivity (Wildman–Crippen MR) is 197 cm³/mol. The molecule has 0 bridgehead atoms. The lowest BCUT2D eigenvalue weighted by Gasteiger charge is -2.27. The van der Waals surface area contributed by atoms with Gasteiger partial charge in [-0.05, 0) is 102 Å². The van der Waals surface area contributed by atoms with Crippen LogP contribution in [0, 0.1) is 0 Å². The van der Waals surface area contributed by atoms with Crippen LogP contribution in [0.15, 0.2) is 91.0 Å². The van der Waals surface area contributed by atoms with Crippen LogP contribution in [0.25, 0.3) is 20.5 Å². The summed E-state index contributed by atoms with van der Waals surface area (Å²) < 4.78 is 25.0. The zero-order valence-corrected chi connectivity index (χ0v) is 29.1. The Labute approximate surface area is 293 Å². The number of thiophene rings is 1. The first-order chi connectivity index (χ1) is 24.2. The molecule has 0 spiro atoms. The molecule has 0 unspecified atom stereocenters. The SMILES string of the molecule is COc1cc(Cc2c(-c3ccc(OCCN4CCC[C@H]4CO)cc3)sc3cc(OCc4ccccc4)ccc23)ccc1CN1CCOCC1. The Hall–Kier alpha value is -3.92. The Balaban J connectivity index is 1.13. The van der Waals surface area contributed by atoms with E-state index in [1.165, 1.54) is 37.2 Å². The molecule has 0 saturated carbocycles. The van der Waals surface area contributed by atoms with Gasteiger partial charge < -0.3 is 24.1 Å². The van der Waals surface area contributed by atoms with Crippen molar-refractivity contribution in [3.8, 4) is 27.7 Å². The van der Waals surface area contributed by atoms with Crippen molar-refractivity contribution in [1.29, 1.82) is 0 Å². The van der Waals surface area contributed by atoms with E-state index in [2.05, 4.69) is 82.6 Å². The second-order valence-electron chi connectivity index (χ2n) is 12.9. The van der Waals surface area contributed by atoms with Gasteiger partial charge in [0.25, 0.3) is 0 Å². The third kappa shape index (κ3) is 8.28. The van der Waals surface area contributed by atoms with E-state index in [1.807, 2.05) is 29.5 Å². The van der Waals surface area contributed by atoms with E-state index < -0.39 is 0 Å². The van der Waals surface area contributed by atoms with Gasteiger partial charge in [0.15, 0.2) is 0 Å². The maximum Gasteiger partial charge on any atom is 0.123 e. The maximum absolute atomic E-state index is 9.65. The molecule has 8 heteroatoms. The third-order valence-corrected chi connectivity index (χ3v) is 11.0. The molecule has 256 valence electrons. The van der Waals surface area contributed by atoms with Crippen molar-refractivity contribution in [1.82, 2.24) is 9.80 Å². The summed E-state index contributed by atoms with van der Waals surface area (Å²) in [5.74, 6) is 2.67. The third-order valence-electron chi connectivity index (χ3n) is 9.72. The van der Waals surface area contributed by atoms with E-state index in [0.29, 0.717) is 13.2 Å². The lowest BCUT2D eigenvalue weighted by molar-refractivity contribution is 0.0339. The maximum atomic E-state index is 9.65. The monoisotopic (exact) mass is 678 g/mol. The Morgan fingerprint density at radius 3 is 2.47 bits per heavy atom. The van der Waals surface area contributed by atoms with E-state index in [0.717, 1.165) is 88.0 Å². The summed E-state index contributed by atoms with van der Waals surface area (Å²) in [5.41, 5.74) is 6.05. The van der Waals surface area contributed by atoms with Gasteiger partial charge in [-0.25, -0.2) is 0 Å². The quantitative estimate of drug-likeness (QED) is 0.131. The highest BCUT2D eigenvalue weighted by atomic mass is 32.1. The number of likely N-dealkylation sites (tertiary alicyclic amines) is 1. The molecule has 2 saturated heterocycles. The molecule has 2 aliphatic heterocycles. The van der Waals surface area contributed by atoms with Crippen molar-refractivity contribution in [3.63, 3.8) is 0 Å². The highest BCUT2D eigenvalue weighted by Gasteiger charge is 2.23. The fraction of sp³-hybridized carbons (Fsp3) is 0.366. The van der Waals surface area contributed by atoms with Crippen molar-refractivity contribution in [2.75, 3.05) is 59.7 Å². The standard InChI is InChI=1S/C41H46N2O5S/c1-45-39-25-31(9-10-33(39)27-42-18-21-46-22-19-42)24-38-37-16-15-36(48-29-30-6-3-2-4-7-30)26-40(37)49-41(38)32-11-13-35(14-12-32)47-23-20-43-17-5-8-34(43)28-44/h2-4,6-7,9-16,25-26,34,44H,5,8,17-24,27-29H2,1H3/t34-/m0/s1. The van der Waals surface area contributed by atoms with Gasteiger partial charge in [0.05, 0.1) is 26.9 Å². The van der Waals surface area contributed by atoms with Gasteiger partial charge in [0, 0.05) is 47.4 Å². The van der Waals surface area contributed by atoms with Gasteiger partial charge >= 0.3 is 0 Å². The zero-order valence-electron chi connectivity index (χ0n) is 28.3. The first-order valence-electron chi connectivity index (χ1n) is 17.4.